The molecular weight excluding hydrogens is 278 g/mol. The molecule has 2 unspecified atom stereocenters. The van der Waals surface area contributed by atoms with Crippen molar-refractivity contribution in [1.82, 2.24) is 10.1 Å². The van der Waals surface area contributed by atoms with Crippen molar-refractivity contribution >= 4 is 12.4 Å². The minimum atomic E-state index is -0.116. The maximum absolute atomic E-state index is 6.14. The van der Waals surface area contributed by atoms with Crippen LogP contribution < -0.4 is 5.73 Å². The molecular formula is C14H18ClN3O2. The third kappa shape index (κ3) is 3.36. The van der Waals surface area contributed by atoms with E-state index in [1.807, 2.05) is 30.3 Å². The second-order valence-electron chi connectivity index (χ2n) is 4.83. The minimum absolute atomic E-state index is 0. The number of nitrogens with two attached hydrogens (primary N) is 1. The Bertz CT molecular complexity index is 526. The van der Waals surface area contributed by atoms with Gasteiger partial charge >= 0.3 is 0 Å². The van der Waals surface area contributed by atoms with Crippen molar-refractivity contribution in [2.24, 2.45) is 5.73 Å². The van der Waals surface area contributed by atoms with E-state index in [1.165, 1.54) is 0 Å². The van der Waals surface area contributed by atoms with Gasteiger partial charge in [0.2, 0.25) is 5.89 Å². The molecule has 5 nitrogen and oxygen atoms in total. The normalized spacial score (nSPS) is 19.6. The van der Waals surface area contributed by atoms with Gasteiger partial charge in [0.25, 0.3) is 0 Å². The Labute approximate surface area is 123 Å². The highest BCUT2D eigenvalue weighted by molar-refractivity contribution is 5.85. The lowest BCUT2D eigenvalue weighted by molar-refractivity contribution is 0.192. The molecule has 1 aromatic heterocycles. The van der Waals surface area contributed by atoms with Crippen LogP contribution in [-0.4, -0.2) is 23.4 Å². The van der Waals surface area contributed by atoms with E-state index in [-0.39, 0.29) is 24.4 Å². The highest BCUT2D eigenvalue weighted by Crippen LogP contribution is 2.23. The predicted molar refractivity (Wildman–Crippen MR) is 76.8 cm³/mol. The van der Waals surface area contributed by atoms with E-state index in [0.717, 1.165) is 24.4 Å². The number of halogens is 1. The molecule has 108 valence electrons. The topological polar surface area (TPSA) is 74.2 Å². The highest BCUT2D eigenvalue weighted by atomic mass is 35.5. The van der Waals surface area contributed by atoms with Crippen molar-refractivity contribution in [3.05, 3.63) is 47.6 Å². The zero-order chi connectivity index (χ0) is 13.1. The number of benzene rings is 1. The Balaban J connectivity index is 0.00000147. The smallest absolute Gasteiger partial charge is 0.228 e. The van der Waals surface area contributed by atoms with Crippen molar-refractivity contribution in [1.29, 1.82) is 0 Å². The zero-order valence-corrected chi connectivity index (χ0v) is 11.9. The highest BCUT2D eigenvalue weighted by Gasteiger charge is 2.23. The maximum Gasteiger partial charge on any atom is 0.228 e. The van der Waals surface area contributed by atoms with Crippen LogP contribution in [0.15, 0.2) is 34.9 Å². The van der Waals surface area contributed by atoms with Crippen LogP contribution >= 0.6 is 12.4 Å². The molecule has 0 spiro atoms. The minimum Gasteiger partial charge on any atom is -0.381 e. The number of rotatable bonds is 4. The van der Waals surface area contributed by atoms with E-state index in [0.29, 0.717) is 18.9 Å². The lowest BCUT2D eigenvalue weighted by Gasteiger charge is -2.08. The lowest BCUT2D eigenvalue weighted by Crippen LogP contribution is -2.13. The first-order valence-corrected chi connectivity index (χ1v) is 6.53. The Morgan fingerprint density at radius 3 is 2.80 bits per heavy atom. The fourth-order valence-electron chi connectivity index (χ4n) is 2.26. The summed E-state index contributed by atoms with van der Waals surface area (Å²) in [6.07, 6.45) is 1.52. The van der Waals surface area contributed by atoms with E-state index in [2.05, 4.69) is 10.1 Å². The summed E-state index contributed by atoms with van der Waals surface area (Å²) >= 11 is 0. The predicted octanol–water partition coefficient (Wildman–Crippen LogP) is 2.24. The van der Waals surface area contributed by atoms with E-state index < -0.39 is 0 Å². The molecule has 2 atom stereocenters. The summed E-state index contributed by atoms with van der Waals surface area (Å²) in [5.74, 6) is 1.61. The summed E-state index contributed by atoms with van der Waals surface area (Å²) in [6, 6.07) is 9.82. The molecule has 6 heteroatoms. The van der Waals surface area contributed by atoms with Gasteiger partial charge in [-0.25, -0.2) is 0 Å². The van der Waals surface area contributed by atoms with Crippen molar-refractivity contribution in [2.75, 3.05) is 13.2 Å². The summed E-state index contributed by atoms with van der Waals surface area (Å²) in [5.41, 5.74) is 7.21. The van der Waals surface area contributed by atoms with Crippen molar-refractivity contribution in [3.8, 4) is 0 Å². The lowest BCUT2D eigenvalue weighted by atomic mass is 10.1. The molecule has 20 heavy (non-hydrogen) atoms. The van der Waals surface area contributed by atoms with Crippen molar-refractivity contribution in [3.63, 3.8) is 0 Å². The van der Waals surface area contributed by atoms with Crippen LogP contribution in [0.3, 0.4) is 0 Å². The van der Waals surface area contributed by atoms with E-state index in [1.54, 1.807) is 0 Å². The number of hydrogen-bond acceptors (Lipinski definition) is 5. The molecule has 0 saturated carbocycles. The SMILES string of the molecule is Cl.NC(Cc1nc(C2CCOC2)no1)c1ccccc1. The monoisotopic (exact) mass is 295 g/mol. The molecule has 0 bridgehead atoms. The summed E-state index contributed by atoms with van der Waals surface area (Å²) in [6.45, 7) is 1.46. The average molecular weight is 296 g/mol. The molecule has 1 aromatic carbocycles. The van der Waals surface area contributed by atoms with Gasteiger partial charge in [0.1, 0.15) is 0 Å². The van der Waals surface area contributed by atoms with Gasteiger partial charge in [-0.15, -0.1) is 12.4 Å². The van der Waals surface area contributed by atoms with Crippen LogP contribution in [0.2, 0.25) is 0 Å². The number of hydrogen-bond donors (Lipinski definition) is 1. The molecule has 2 aromatic rings. The Hall–Kier alpha value is -1.43. The summed E-state index contributed by atoms with van der Waals surface area (Å²) in [5, 5.41) is 4.02. The third-order valence-electron chi connectivity index (χ3n) is 3.40. The van der Waals surface area contributed by atoms with Gasteiger partial charge in [-0.2, -0.15) is 4.98 Å². The number of ether oxygens (including phenoxy) is 1. The van der Waals surface area contributed by atoms with Crippen molar-refractivity contribution in [2.45, 2.75) is 24.8 Å². The van der Waals surface area contributed by atoms with Gasteiger partial charge in [0.15, 0.2) is 5.82 Å². The molecule has 1 aliphatic heterocycles. The van der Waals surface area contributed by atoms with Crippen LogP contribution in [0.5, 0.6) is 0 Å². The Kier molecular flexibility index (Phi) is 5.11. The van der Waals surface area contributed by atoms with Crippen LogP contribution in [0.1, 0.15) is 35.7 Å². The first-order chi connectivity index (χ1) is 9.33. The largest absolute Gasteiger partial charge is 0.381 e. The van der Waals surface area contributed by atoms with Gasteiger partial charge in [-0.1, -0.05) is 35.5 Å². The molecule has 1 fully saturated rings. The molecule has 0 radical (unpaired) electrons. The second-order valence-corrected chi connectivity index (χ2v) is 4.83. The fourth-order valence-corrected chi connectivity index (χ4v) is 2.26. The molecule has 0 aliphatic carbocycles. The maximum atomic E-state index is 6.14. The zero-order valence-electron chi connectivity index (χ0n) is 11.1. The average Bonchev–Trinajstić information content (AvgIpc) is 3.10. The molecule has 1 aliphatic rings. The van der Waals surface area contributed by atoms with E-state index in [4.69, 9.17) is 15.0 Å². The van der Waals surface area contributed by atoms with Gasteiger partial charge in [0.05, 0.1) is 6.61 Å². The third-order valence-corrected chi connectivity index (χ3v) is 3.40. The molecule has 0 amide bonds. The quantitative estimate of drug-likeness (QED) is 0.936. The molecule has 3 rings (SSSR count). The number of aromatic nitrogens is 2. The molecule has 1 saturated heterocycles. The van der Waals surface area contributed by atoms with Crippen LogP contribution in [-0.2, 0) is 11.2 Å². The van der Waals surface area contributed by atoms with Gasteiger partial charge in [-0.3, -0.25) is 0 Å². The Morgan fingerprint density at radius 2 is 2.10 bits per heavy atom. The number of nitrogens with zero attached hydrogens (tertiary/aromatic N) is 2. The summed E-state index contributed by atoms with van der Waals surface area (Å²) in [4.78, 5) is 4.42. The van der Waals surface area contributed by atoms with E-state index in [9.17, 15) is 0 Å². The van der Waals surface area contributed by atoms with Crippen LogP contribution in [0.25, 0.3) is 0 Å². The first kappa shape index (κ1) is 15.0. The summed E-state index contributed by atoms with van der Waals surface area (Å²) in [7, 11) is 0. The van der Waals surface area contributed by atoms with Gasteiger partial charge in [0, 0.05) is 25.0 Å². The van der Waals surface area contributed by atoms with Crippen LogP contribution in [0.4, 0.5) is 0 Å². The first-order valence-electron chi connectivity index (χ1n) is 6.53. The van der Waals surface area contributed by atoms with Gasteiger partial charge in [-0.05, 0) is 12.0 Å². The molecule has 2 heterocycles. The standard InChI is InChI=1S/C14H17N3O2.ClH/c15-12(10-4-2-1-3-5-10)8-13-16-14(17-19-13)11-6-7-18-9-11;/h1-5,11-12H,6-9,15H2;1H. The van der Waals surface area contributed by atoms with Gasteiger partial charge < -0.3 is 15.0 Å². The van der Waals surface area contributed by atoms with E-state index >= 15 is 0 Å². The fraction of sp³-hybridized carbons (Fsp3) is 0.429. The Morgan fingerprint density at radius 1 is 1.30 bits per heavy atom. The van der Waals surface area contributed by atoms with Crippen molar-refractivity contribution < 1.29 is 9.26 Å². The second kappa shape index (κ2) is 6.83. The van der Waals surface area contributed by atoms with Crippen LogP contribution in [0, 0.1) is 0 Å². The summed E-state index contributed by atoms with van der Waals surface area (Å²) < 4.78 is 10.6. The molecule has 2 N–H and O–H groups in total.